The number of nitrogens with one attached hydrogen (secondary N) is 1. The summed E-state index contributed by atoms with van der Waals surface area (Å²) in [7, 11) is 0. The molecule has 0 saturated carbocycles. The van der Waals surface area contributed by atoms with E-state index in [0.717, 1.165) is 64.2 Å². The molecule has 0 aromatic carbocycles. The molecule has 3 N–H and O–H groups in total. The van der Waals surface area contributed by atoms with Gasteiger partial charge in [-0.25, -0.2) is 0 Å². The highest BCUT2D eigenvalue weighted by Crippen LogP contribution is 2.18. The number of carbonyl (C=O) groups excluding carboxylic acids is 2. The number of rotatable bonds is 50. The highest BCUT2D eigenvalue weighted by molar-refractivity contribution is 5.77. The van der Waals surface area contributed by atoms with E-state index in [1.807, 2.05) is 0 Å². The van der Waals surface area contributed by atoms with Gasteiger partial charge in [-0.05, 0) is 57.8 Å². The van der Waals surface area contributed by atoms with Crippen LogP contribution in [0.5, 0.6) is 0 Å². The summed E-state index contributed by atoms with van der Waals surface area (Å²) in [6.07, 6.45) is 58.1. The Morgan fingerprint density at radius 3 is 1.26 bits per heavy atom. The van der Waals surface area contributed by atoms with Crippen molar-refractivity contribution in [2.75, 3.05) is 6.61 Å². The zero-order valence-electron chi connectivity index (χ0n) is 41.8. The van der Waals surface area contributed by atoms with Gasteiger partial charge in [-0.1, -0.05) is 251 Å². The van der Waals surface area contributed by atoms with Crippen LogP contribution in [0.3, 0.4) is 0 Å². The van der Waals surface area contributed by atoms with Crippen molar-refractivity contribution in [3.05, 3.63) is 24.3 Å². The number of carbonyl (C=O) groups is 2. The average Bonchev–Trinajstić information content (AvgIpc) is 3.26. The minimum absolute atomic E-state index is 0.0774. The Labute approximate surface area is 386 Å². The Morgan fingerprint density at radius 1 is 0.468 bits per heavy atom. The Balaban J connectivity index is 4.46. The van der Waals surface area contributed by atoms with Gasteiger partial charge in [-0.15, -0.1) is 0 Å². The maximum Gasteiger partial charge on any atom is 0.306 e. The van der Waals surface area contributed by atoms with Crippen LogP contribution >= 0.6 is 0 Å². The fourth-order valence-electron chi connectivity index (χ4n) is 8.58. The van der Waals surface area contributed by atoms with Gasteiger partial charge in [0.25, 0.3) is 0 Å². The van der Waals surface area contributed by atoms with E-state index in [4.69, 9.17) is 4.74 Å². The van der Waals surface area contributed by atoms with Crippen LogP contribution in [-0.4, -0.2) is 46.9 Å². The molecule has 3 unspecified atom stereocenters. The minimum Gasteiger partial charge on any atom is -0.462 e. The van der Waals surface area contributed by atoms with Crippen molar-refractivity contribution in [2.24, 2.45) is 0 Å². The number of hydrogen-bond acceptors (Lipinski definition) is 5. The smallest absolute Gasteiger partial charge is 0.306 e. The predicted molar refractivity (Wildman–Crippen MR) is 269 cm³/mol. The number of esters is 1. The van der Waals surface area contributed by atoms with Crippen LogP contribution in [0.2, 0.25) is 0 Å². The molecule has 6 nitrogen and oxygen atoms in total. The van der Waals surface area contributed by atoms with E-state index in [2.05, 4.69) is 50.4 Å². The third kappa shape index (κ3) is 44.9. The normalized spacial score (nSPS) is 13.3. The maximum atomic E-state index is 13.2. The van der Waals surface area contributed by atoms with Gasteiger partial charge in [0.15, 0.2) is 0 Å². The summed E-state index contributed by atoms with van der Waals surface area (Å²) in [5.41, 5.74) is 0. The topological polar surface area (TPSA) is 95.9 Å². The minimum atomic E-state index is -0.786. The monoisotopic (exact) mass is 874 g/mol. The SMILES string of the molecule is CCCCC/C=C\C/C=C\CCCCCCCCCC(CC(=O)NC(CO)C(O)CCCCCCCCCCCCCCCCCCC)OC(=O)CCCCCCCCCCC. The lowest BCUT2D eigenvalue weighted by molar-refractivity contribution is -0.151. The molecule has 0 saturated heterocycles. The first kappa shape index (κ1) is 60.3. The van der Waals surface area contributed by atoms with Gasteiger partial charge in [0.1, 0.15) is 6.10 Å². The molecule has 0 aliphatic carbocycles. The zero-order valence-corrected chi connectivity index (χ0v) is 41.8. The van der Waals surface area contributed by atoms with Crippen molar-refractivity contribution >= 4 is 11.9 Å². The van der Waals surface area contributed by atoms with Gasteiger partial charge in [-0.2, -0.15) is 0 Å². The Kier molecular flexibility index (Phi) is 49.0. The number of amides is 1. The van der Waals surface area contributed by atoms with Crippen LogP contribution in [0.25, 0.3) is 0 Å². The van der Waals surface area contributed by atoms with E-state index in [9.17, 15) is 19.8 Å². The Morgan fingerprint density at radius 2 is 0.823 bits per heavy atom. The van der Waals surface area contributed by atoms with E-state index >= 15 is 0 Å². The molecule has 0 heterocycles. The lowest BCUT2D eigenvalue weighted by Crippen LogP contribution is -2.46. The van der Waals surface area contributed by atoms with E-state index in [-0.39, 0.29) is 24.9 Å². The molecule has 366 valence electrons. The molecule has 0 aromatic heterocycles. The molecule has 0 rings (SSSR count). The Hall–Kier alpha value is -1.66. The first-order chi connectivity index (χ1) is 30.5. The fourth-order valence-corrected chi connectivity index (χ4v) is 8.58. The Bertz CT molecular complexity index is 981. The lowest BCUT2D eigenvalue weighted by atomic mass is 10.0. The number of aliphatic hydroxyl groups is 2. The number of unbranched alkanes of at least 4 members (excludes halogenated alkanes) is 34. The zero-order chi connectivity index (χ0) is 45.2. The molecule has 1 amide bonds. The van der Waals surface area contributed by atoms with Crippen LogP contribution in [-0.2, 0) is 14.3 Å². The largest absolute Gasteiger partial charge is 0.462 e. The summed E-state index contributed by atoms with van der Waals surface area (Å²) in [6, 6.07) is -0.700. The molecule has 62 heavy (non-hydrogen) atoms. The number of ether oxygens (including phenoxy) is 1. The van der Waals surface area contributed by atoms with E-state index in [1.54, 1.807) is 0 Å². The van der Waals surface area contributed by atoms with Crippen LogP contribution in [0.15, 0.2) is 24.3 Å². The summed E-state index contributed by atoms with van der Waals surface area (Å²) in [5, 5.41) is 23.8. The van der Waals surface area contributed by atoms with Crippen molar-refractivity contribution in [1.82, 2.24) is 5.32 Å². The quantitative estimate of drug-likeness (QED) is 0.0321. The summed E-state index contributed by atoms with van der Waals surface area (Å²) >= 11 is 0. The summed E-state index contributed by atoms with van der Waals surface area (Å²) in [6.45, 7) is 6.47. The van der Waals surface area contributed by atoms with Gasteiger partial charge in [0, 0.05) is 6.42 Å². The van der Waals surface area contributed by atoms with Crippen molar-refractivity contribution in [1.29, 1.82) is 0 Å². The maximum absolute atomic E-state index is 13.2. The van der Waals surface area contributed by atoms with Gasteiger partial charge in [0.2, 0.25) is 5.91 Å². The molecule has 0 aliphatic rings. The van der Waals surface area contributed by atoms with E-state index in [0.29, 0.717) is 19.3 Å². The van der Waals surface area contributed by atoms with Crippen LogP contribution in [0.4, 0.5) is 0 Å². The molecule has 6 heteroatoms. The number of allylic oxidation sites excluding steroid dienone is 4. The molecule has 0 aromatic rings. The second-order valence-electron chi connectivity index (χ2n) is 19.0. The highest BCUT2D eigenvalue weighted by Gasteiger charge is 2.24. The van der Waals surface area contributed by atoms with Crippen LogP contribution < -0.4 is 5.32 Å². The molecule has 0 fully saturated rings. The van der Waals surface area contributed by atoms with Crippen molar-refractivity contribution in [3.8, 4) is 0 Å². The number of hydrogen-bond donors (Lipinski definition) is 3. The van der Waals surface area contributed by atoms with Crippen LogP contribution in [0.1, 0.15) is 297 Å². The fraction of sp³-hybridized carbons (Fsp3) is 0.893. The van der Waals surface area contributed by atoms with E-state index < -0.39 is 18.2 Å². The first-order valence-corrected chi connectivity index (χ1v) is 27.6. The van der Waals surface area contributed by atoms with Crippen molar-refractivity contribution in [3.63, 3.8) is 0 Å². The molecule has 0 spiro atoms. The third-order valence-corrected chi connectivity index (χ3v) is 12.8. The van der Waals surface area contributed by atoms with E-state index in [1.165, 1.54) is 186 Å². The van der Waals surface area contributed by atoms with Gasteiger partial charge in [0.05, 0.1) is 25.2 Å². The molecule has 3 atom stereocenters. The first-order valence-electron chi connectivity index (χ1n) is 27.6. The van der Waals surface area contributed by atoms with Crippen LogP contribution in [0, 0.1) is 0 Å². The standard InChI is InChI=1S/C56H107NO5/c1-4-7-10-13-16-19-21-23-25-27-29-31-33-36-38-41-44-47-52(62-56(61)49-46-43-40-35-18-15-12-9-6-3)50-55(60)57-53(51-58)54(59)48-45-42-39-37-34-32-30-28-26-24-22-20-17-14-11-8-5-2/h16,19,23,25,52-54,58-59H,4-15,17-18,20-22,24,26-51H2,1-3H3,(H,57,60)/b19-16-,25-23-. The van der Waals surface area contributed by atoms with Gasteiger partial charge >= 0.3 is 5.97 Å². The summed E-state index contributed by atoms with van der Waals surface area (Å²) in [4.78, 5) is 26.1. The van der Waals surface area contributed by atoms with Gasteiger partial charge in [-0.3, -0.25) is 9.59 Å². The predicted octanol–water partition coefficient (Wildman–Crippen LogP) is 16.7. The lowest BCUT2D eigenvalue weighted by Gasteiger charge is -2.24. The second-order valence-corrected chi connectivity index (χ2v) is 19.0. The number of aliphatic hydroxyl groups excluding tert-OH is 2. The molecule has 0 radical (unpaired) electrons. The van der Waals surface area contributed by atoms with Gasteiger partial charge < -0.3 is 20.3 Å². The third-order valence-electron chi connectivity index (χ3n) is 12.8. The molecular weight excluding hydrogens is 767 g/mol. The highest BCUT2D eigenvalue weighted by atomic mass is 16.5. The second kappa shape index (κ2) is 50.3. The average molecular weight is 874 g/mol. The molecule has 0 aliphatic heterocycles. The van der Waals surface area contributed by atoms with Crippen molar-refractivity contribution < 1.29 is 24.5 Å². The summed E-state index contributed by atoms with van der Waals surface area (Å²) < 4.78 is 5.93. The molecular formula is C56H107NO5. The van der Waals surface area contributed by atoms with Crippen molar-refractivity contribution in [2.45, 2.75) is 315 Å². The summed E-state index contributed by atoms with van der Waals surface area (Å²) in [5.74, 6) is -0.469. The molecule has 0 bridgehead atoms.